The minimum atomic E-state index is -3.31. The first-order chi connectivity index (χ1) is 4.83. The van der Waals surface area contributed by atoms with Gasteiger partial charge in [0.1, 0.15) is 9.84 Å². The van der Waals surface area contributed by atoms with Crippen molar-refractivity contribution < 1.29 is 22.0 Å². The fraction of sp³-hybridized carbons (Fsp3) is 0.800. The maximum atomic E-state index is 11.5. The zero-order chi connectivity index (χ0) is 9.07. The monoisotopic (exact) mass is 186 g/mol. The molecular formula is C5H8F2O3S. The maximum absolute atomic E-state index is 11.5. The molecule has 0 aromatic carbocycles. The van der Waals surface area contributed by atoms with E-state index in [4.69, 9.17) is 0 Å². The Morgan fingerprint density at radius 3 is 2.18 bits per heavy atom. The summed E-state index contributed by atoms with van der Waals surface area (Å²) in [5, 5.41) is 0. The highest BCUT2D eigenvalue weighted by Gasteiger charge is 2.16. The van der Waals surface area contributed by atoms with E-state index in [0.717, 1.165) is 6.26 Å². The molecule has 3 nitrogen and oxygen atoms in total. The Morgan fingerprint density at radius 2 is 1.91 bits per heavy atom. The lowest BCUT2D eigenvalue weighted by Gasteiger charge is -1.96. The summed E-state index contributed by atoms with van der Waals surface area (Å²) in [6.45, 7) is 0. The lowest BCUT2D eigenvalue weighted by molar-refractivity contribution is -0.129. The quantitative estimate of drug-likeness (QED) is 0.632. The van der Waals surface area contributed by atoms with E-state index in [0.29, 0.717) is 0 Å². The van der Waals surface area contributed by atoms with Crippen LogP contribution in [-0.2, 0) is 14.6 Å². The zero-order valence-corrected chi connectivity index (χ0v) is 6.70. The summed E-state index contributed by atoms with van der Waals surface area (Å²) >= 11 is 0. The van der Waals surface area contributed by atoms with Crippen LogP contribution in [0, 0.1) is 0 Å². The number of Topliss-reactive ketones (excluding diaryl/α,β-unsaturated/α-hetero) is 1. The molecule has 0 rings (SSSR count). The zero-order valence-electron chi connectivity index (χ0n) is 5.88. The van der Waals surface area contributed by atoms with Crippen molar-refractivity contribution in [1.82, 2.24) is 0 Å². The van der Waals surface area contributed by atoms with Crippen molar-refractivity contribution >= 4 is 15.6 Å². The molecule has 0 saturated carbocycles. The molecule has 0 spiro atoms. The SMILES string of the molecule is CS(=O)(=O)CCC(=O)C(F)F. The van der Waals surface area contributed by atoms with Gasteiger partial charge in [0, 0.05) is 12.7 Å². The molecule has 0 aliphatic rings. The normalized spacial score (nSPS) is 12.0. The lowest BCUT2D eigenvalue weighted by atomic mass is 10.3. The van der Waals surface area contributed by atoms with Crippen molar-refractivity contribution in [3.8, 4) is 0 Å². The van der Waals surface area contributed by atoms with E-state index >= 15 is 0 Å². The van der Waals surface area contributed by atoms with Crippen LogP contribution in [0.5, 0.6) is 0 Å². The number of hydrogen-bond donors (Lipinski definition) is 0. The predicted octanol–water partition coefficient (Wildman–Crippen LogP) is 0.255. The number of sulfone groups is 1. The highest BCUT2D eigenvalue weighted by molar-refractivity contribution is 7.90. The van der Waals surface area contributed by atoms with E-state index in [1.54, 1.807) is 0 Å². The molecular weight excluding hydrogens is 178 g/mol. The first-order valence-electron chi connectivity index (χ1n) is 2.81. The van der Waals surface area contributed by atoms with Crippen molar-refractivity contribution in [2.24, 2.45) is 0 Å². The van der Waals surface area contributed by atoms with Crippen LogP contribution < -0.4 is 0 Å². The minimum Gasteiger partial charge on any atom is -0.293 e. The molecule has 0 aliphatic carbocycles. The number of carbonyl (C=O) groups excluding carboxylic acids is 1. The van der Waals surface area contributed by atoms with Crippen molar-refractivity contribution in [3.63, 3.8) is 0 Å². The number of halogens is 2. The number of rotatable bonds is 4. The lowest BCUT2D eigenvalue weighted by Crippen LogP contribution is -2.15. The Hall–Kier alpha value is -0.520. The number of alkyl halides is 2. The summed E-state index contributed by atoms with van der Waals surface area (Å²) in [4.78, 5) is 10.2. The van der Waals surface area contributed by atoms with Gasteiger partial charge in [-0.15, -0.1) is 0 Å². The van der Waals surface area contributed by atoms with Crippen molar-refractivity contribution in [2.45, 2.75) is 12.8 Å². The molecule has 0 radical (unpaired) electrons. The summed E-state index contributed by atoms with van der Waals surface area (Å²) in [6, 6.07) is 0. The Bertz CT molecular complexity index is 232. The molecule has 0 amide bonds. The molecule has 0 heterocycles. The van der Waals surface area contributed by atoms with Crippen LogP contribution in [0.25, 0.3) is 0 Å². The Morgan fingerprint density at radius 1 is 1.45 bits per heavy atom. The van der Waals surface area contributed by atoms with Gasteiger partial charge in [0.25, 0.3) is 6.43 Å². The molecule has 66 valence electrons. The fourth-order valence-corrected chi connectivity index (χ4v) is 0.967. The molecule has 11 heavy (non-hydrogen) atoms. The van der Waals surface area contributed by atoms with Gasteiger partial charge in [-0.2, -0.15) is 0 Å². The van der Waals surface area contributed by atoms with E-state index in [9.17, 15) is 22.0 Å². The van der Waals surface area contributed by atoms with Crippen LogP contribution in [0.3, 0.4) is 0 Å². The summed E-state index contributed by atoms with van der Waals surface area (Å²) in [6.07, 6.45) is -2.76. The second-order valence-electron chi connectivity index (χ2n) is 2.15. The fourth-order valence-electron chi connectivity index (χ4n) is 0.395. The van der Waals surface area contributed by atoms with Crippen LogP contribution in [0.1, 0.15) is 6.42 Å². The number of hydrogen-bond acceptors (Lipinski definition) is 3. The van der Waals surface area contributed by atoms with Gasteiger partial charge in [-0.1, -0.05) is 0 Å². The van der Waals surface area contributed by atoms with Crippen LogP contribution in [0.4, 0.5) is 8.78 Å². The van der Waals surface area contributed by atoms with Gasteiger partial charge >= 0.3 is 0 Å². The second-order valence-corrected chi connectivity index (χ2v) is 4.41. The van der Waals surface area contributed by atoms with Gasteiger partial charge in [0.15, 0.2) is 5.78 Å². The number of ketones is 1. The largest absolute Gasteiger partial charge is 0.296 e. The minimum absolute atomic E-state index is 0.504. The van der Waals surface area contributed by atoms with Gasteiger partial charge in [-0.3, -0.25) is 4.79 Å². The maximum Gasteiger partial charge on any atom is 0.296 e. The molecule has 0 aromatic rings. The van der Waals surface area contributed by atoms with E-state index in [1.807, 2.05) is 0 Å². The molecule has 0 unspecified atom stereocenters. The molecule has 0 aromatic heterocycles. The third kappa shape index (κ3) is 5.90. The van der Waals surface area contributed by atoms with Crippen LogP contribution in [-0.4, -0.2) is 32.6 Å². The third-order valence-electron chi connectivity index (χ3n) is 0.963. The first-order valence-corrected chi connectivity index (χ1v) is 4.87. The van der Waals surface area contributed by atoms with Crippen LogP contribution in [0.2, 0.25) is 0 Å². The molecule has 0 N–H and O–H groups in total. The second kappa shape index (κ2) is 3.75. The Kier molecular flexibility index (Phi) is 3.57. The highest BCUT2D eigenvalue weighted by Crippen LogP contribution is 1.99. The topological polar surface area (TPSA) is 51.2 Å². The summed E-state index contributed by atoms with van der Waals surface area (Å²) in [5.41, 5.74) is 0. The summed E-state index contributed by atoms with van der Waals surface area (Å²) in [7, 11) is -3.31. The van der Waals surface area contributed by atoms with Crippen molar-refractivity contribution in [3.05, 3.63) is 0 Å². The third-order valence-corrected chi connectivity index (χ3v) is 1.91. The van der Waals surface area contributed by atoms with E-state index < -0.39 is 34.2 Å². The van der Waals surface area contributed by atoms with E-state index in [-0.39, 0.29) is 0 Å². The molecule has 0 saturated heterocycles. The van der Waals surface area contributed by atoms with Crippen molar-refractivity contribution in [1.29, 1.82) is 0 Å². The molecule has 6 heteroatoms. The summed E-state index contributed by atoms with van der Waals surface area (Å²) < 4.78 is 43.6. The Balaban J connectivity index is 3.83. The molecule has 0 fully saturated rings. The molecule has 0 atom stereocenters. The molecule has 0 aliphatic heterocycles. The van der Waals surface area contributed by atoms with E-state index in [2.05, 4.69) is 0 Å². The molecule has 0 bridgehead atoms. The van der Waals surface area contributed by atoms with Gasteiger partial charge in [0.05, 0.1) is 5.75 Å². The predicted molar refractivity (Wildman–Crippen MR) is 35.3 cm³/mol. The summed E-state index contributed by atoms with van der Waals surface area (Å²) in [5.74, 6) is -1.83. The average molecular weight is 186 g/mol. The van der Waals surface area contributed by atoms with Gasteiger partial charge in [0.2, 0.25) is 0 Å². The van der Waals surface area contributed by atoms with E-state index in [1.165, 1.54) is 0 Å². The standard InChI is InChI=1S/C5H8F2O3S/c1-11(9,10)3-2-4(8)5(6)7/h5H,2-3H2,1H3. The van der Waals surface area contributed by atoms with Crippen LogP contribution in [0.15, 0.2) is 0 Å². The van der Waals surface area contributed by atoms with Gasteiger partial charge in [-0.05, 0) is 0 Å². The van der Waals surface area contributed by atoms with Gasteiger partial charge < -0.3 is 0 Å². The average Bonchev–Trinajstić information content (AvgIpc) is 1.80. The van der Waals surface area contributed by atoms with Crippen LogP contribution >= 0.6 is 0 Å². The first kappa shape index (κ1) is 10.5. The van der Waals surface area contributed by atoms with Gasteiger partial charge in [-0.25, -0.2) is 17.2 Å². The highest BCUT2D eigenvalue weighted by atomic mass is 32.2. The Labute approximate surface area is 63.3 Å². The number of carbonyl (C=O) groups is 1. The van der Waals surface area contributed by atoms with Crippen molar-refractivity contribution in [2.75, 3.05) is 12.0 Å². The smallest absolute Gasteiger partial charge is 0.293 e.